The highest BCUT2D eigenvalue weighted by molar-refractivity contribution is 5.80. The number of carbonyl (C=O) groups is 1. The summed E-state index contributed by atoms with van der Waals surface area (Å²) in [6.45, 7) is 3.95. The van der Waals surface area contributed by atoms with E-state index in [1.807, 2.05) is 6.08 Å². The molecule has 0 saturated heterocycles. The van der Waals surface area contributed by atoms with Crippen LogP contribution in [0.2, 0.25) is 0 Å². The largest absolute Gasteiger partial charge is 0.394 e. The molecule has 0 aliphatic carbocycles. The fourth-order valence-electron chi connectivity index (χ4n) is 5.83. The van der Waals surface area contributed by atoms with Crippen LogP contribution in [0.25, 0.3) is 0 Å². The maximum absolute atomic E-state index is 12.3. The van der Waals surface area contributed by atoms with E-state index in [9.17, 15) is 25.2 Å². The van der Waals surface area contributed by atoms with Gasteiger partial charge in [-0.2, -0.15) is 0 Å². The molecule has 0 fully saturated rings. The number of hydrogen-bond donors (Lipinski definition) is 5. The molecule has 6 nitrogen and oxygen atoms in total. The highest BCUT2D eigenvalue weighted by atomic mass is 16.3. The minimum absolute atomic E-state index is 0.274. The van der Waals surface area contributed by atoms with Gasteiger partial charge in [0.1, 0.15) is 12.2 Å². The maximum atomic E-state index is 12.3. The van der Waals surface area contributed by atoms with Gasteiger partial charge in [-0.05, 0) is 70.6 Å². The monoisotopic (exact) mass is 664 g/mol. The first-order chi connectivity index (χ1) is 23.0. The molecule has 0 aliphatic rings. The fourth-order valence-corrected chi connectivity index (χ4v) is 5.83. The van der Waals surface area contributed by atoms with Gasteiger partial charge in [0.2, 0.25) is 5.91 Å². The summed E-state index contributed by atoms with van der Waals surface area (Å²) < 4.78 is 0. The molecule has 5 N–H and O–H groups in total. The molecule has 0 bridgehead atoms. The van der Waals surface area contributed by atoms with Crippen LogP contribution in [0, 0.1) is 0 Å². The highest BCUT2D eigenvalue weighted by Gasteiger charge is 2.28. The summed E-state index contributed by atoms with van der Waals surface area (Å²) in [6.07, 6.45) is 40.6. The number of unbranched alkanes of at least 4 members (excludes halogenated alkanes) is 20. The molecular weight excluding hydrogens is 586 g/mol. The normalized spacial score (nSPS) is 14.8. The lowest BCUT2D eigenvalue weighted by Gasteiger charge is -2.27. The van der Waals surface area contributed by atoms with Crippen LogP contribution in [0.3, 0.4) is 0 Å². The zero-order chi connectivity index (χ0) is 34.6. The summed E-state index contributed by atoms with van der Waals surface area (Å²) in [5.41, 5.74) is 0. The van der Waals surface area contributed by atoms with E-state index in [1.54, 1.807) is 0 Å². The maximum Gasteiger partial charge on any atom is 0.249 e. The molecule has 0 spiro atoms. The molecule has 0 saturated carbocycles. The lowest BCUT2D eigenvalue weighted by Crippen LogP contribution is -2.53. The molecule has 4 unspecified atom stereocenters. The van der Waals surface area contributed by atoms with E-state index >= 15 is 0 Å². The number of allylic oxidation sites excluding steroid dienone is 6. The van der Waals surface area contributed by atoms with Gasteiger partial charge < -0.3 is 25.7 Å². The van der Waals surface area contributed by atoms with Crippen molar-refractivity contribution in [2.24, 2.45) is 0 Å². The number of amides is 1. The van der Waals surface area contributed by atoms with E-state index in [2.05, 4.69) is 49.5 Å². The van der Waals surface area contributed by atoms with Crippen LogP contribution in [0.1, 0.15) is 187 Å². The molecule has 0 aromatic heterocycles. The first kappa shape index (κ1) is 45.5. The molecule has 0 aliphatic heterocycles. The third-order valence-electron chi connectivity index (χ3n) is 9.06. The van der Waals surface area contributed by atoms with E-state index in [-0.39, 0.29) is 6.42 Å². The second-order valence-corrected chi connectivity index (χ2v) is 13.6. The molecule has 0 aromatic rings. The van der Waals surface area contributed by atoms with Gasteiger partial charge in [-0.3, -0.25) is 4.79 Å². The average Bonchev–Trinajstić information content (AvgIpc) is 3.08. The topological polar surface area (TPSA) is 110 Å². The lowest BCUT2D eigenvalue weighted by molar-refractivity contribution is -0.132. The quantitative estimate of drug-likeness (QED) is 0.0343. The summed E-state index contributed by atoms with van der Waals surface area (Å²) in [7, 11) is 0. The summed E-state index contributed by atoms with van der Waals surface area (Å²) in [4.78, 5) is 12.3. The van der Waals surface area contributed by atoms with Crippen molar-refractivity contribution in [1.29, 1.82) is 0 Å². The zero-order valence-corrected chi connectivity index (χ0v) is 30.8. The smallest absolute Gasteiger partial charge is 0.249 e. The van der Waals surface area contributed by atoms with Gasteiger partial charge in [0.05, 0.1) is 18.8 Å². The third-order valence-corrected chi connectivity index (χ3v) is 9.06. The van der Waals surface area contributed by atoms with Gasteiger partial charge in [0.15, 0.2) is 0 Å². The average molecular weight is 664 g/mol. The van der Waals surface area contributed by atoms with Crippen molar-refractivity contribution >= 4 is 5.91 Å². The Morgan fingerprint density at radius 2 is 0.894 bits per heavy atom. The zero-order valence-electron chi connectivity index (χ0n) is 30.8. The lowest BCUT2D eigenvalue weighted by atomic mass is 10.0. The van der Waals surface area contributed by atoms with Crippen LogP contribution in [0.15, 0.2) is 36.5 Å². The van der Waals surface area contributed by atoms with Crippen LogP contribution < -0.4 is 5.32 Å². The van der Waals surface area contributed by atoms with Crippen LogP contribution in [-0.2, 0) is 4.79 Å². The van der Waals surface area contributed by atoms with Crippen molar-refractivity contribution in [3.63, 3.8) is 0 Å². The summed E-state index contributed by atoms with van der Waals surface area (Å²) in [5, 5.41) is 43.2. The predicted molar refractivity (Wildman–Crippen MR) is 200 cm³/mol. The molecule has 0 radical (unpaired) electrons. The molecule has 4 atom stereocenters. The molecule has 0 aromatic carbocycles. The summed E-state index contributed by atoms with van der Waals surface area (Å²) >= 11 is 0. The van der Waals surface area contributed by atoms with E-state index in [0.29, 0.717) is 19.3 Å². The molecule has 6 heteroatoms. The van der Waals surface area contributed by atoms with Crippen LogP contribution in [-0.4, -0.2) is 57.3 Å². The van der Waals surface area contributed by atoms with E-state index < -0.39 is 36.9 Å². The Kier molecular flexibility index (Phi) is 34.7. The second kappa shape index (κ2) is 35.8. The fraction of sp³-hybridized carbons (Fsp3) is 0.829. The van der Waals surface area contributed by atoms with E-state index in [4.69, 9.17) is 0 Å². The van der Waals surface area contributed by atoms with Gasteiger partial charge in [0.25, 0.3) is 0 Å². The molecular formula is C41H77NO5. The first-order valence-electron chi connectivity index (χ1n) is 19.9. The number of carbonyl (C=O) groups excluding carboxylic acids is 1. The van der Waals surface area contributed by atoms with E-state index in [0.717, 1.165) is 32.1 Å². The summed E-state index contributed by atoms with van der Waals surface area (Å²) in [5.74, 6) is -0.636. The number of aliphatic hydroxyl groups excluding tert-OH is 4. The second-order valence-electron chi connectivity index (χ2n) is 13.6. The van der Waals surface area contributed by atoms with Crippen molar-refractivity contribution in [3.8, 4) is 0 Å². The molecule has 1 amide bonds. The van der Waals surface area contributed by atoms with Crippen molar-refractivity contribution in [2.45, 2.75) is 212 Å². The van der Waals surface area contributed by atoms with Crippen molar-refractivity contribution in [1.82, 2.24) is 5.32 Å². The van der Waals surface area contributed by atoms with Gasteiger partial charge in [0, 0.05) is 0 Å². The Morgan fingerprint density at radius 3 is 1.36 bits per heavy atom. The summed E-state index contributed by atoms with van der Waals surface area (Å²) in [6, 6.07) is -1.02. The Bertz CT molecular complexity index is 752. The van der Waals surface area contributed by atoms with E-state index in [1.165, 1.54) is 116 Å². The molecule has 276 valence electrons. The van der Waals surface area contributed by atoms with Gasteiger partial charge >= 0.3 is 0 Å². The number of nitrogens with one attached hydrogen (secondary N) is 1. The van der Waals surface area contributed by atoms with Gasteiger partial charge in [-0.15, -0.1) is 0 Å². The Morgan fingerprint density at radius 1 is 0.511 bits per heavy atom. The number of rotatable bonds is 35. The van der Waals surface area contributed by atoms with Crippen molar-refractivity contribution < 1.29 is 25.2 Å². The Balaban J connectivity index is 3.79. The SMILES string of the molecule is CCCCCC/C=C\CCC(O)C(=O)NC(CO)C(O)C(O)CCC/C=C/CC/C=C/CCCCCCCCCCCCCCCC. The third kappa shape index (κ3) is 30.3. The molecule has 0 rings (SSSR count). The predicted octanol–water partition coefficient (Wildman–Crippen LogP) is 9.79. The standard InChI is InChI=1S/C41H77NO5/c1-3-5-7-9-11-13-14-15-16-17-18-19-20-21-22-23-24-25-26-27-29-30-32-34-38(44)40(46)37(36-43)42-41(47)39(45)35-33-31-28-12-10-8-6-4-2/h23-24,27-29,31,37-40,43-46H,3-22,25-26,30,32-36H2,1-2H3,(H,42,47)/b24-23+,29-27+,31-28-. The minimum Gasteiger partial charge on any atom is -0.394 e. The molecule has 47 heavy (non-hydrogen) atoms. The number of aliphatic hydroxyl groups is 4. The van der Waals surface area contributed by atoms with Crippen LogP contribution >= 0.6 is 0 Å². The number of hydrogen-bond acceptors (Lipinski definition) is 5. The van der Waals surface area contributed by atoms with Crippen molar-refractivity contribution in [2.75, 3.05) is 6.61 Å². The first-order valence-corrected chi connectivity index (χ1v) is 19.9. The van der Waals surface area contributed by atoms with Crippen molar-refractivity contribution in [3.05, 3.63) is 36.5 Å². The highest BCUT2D eigenvalue weighted by Crippen LogP contribution is 2.14. The minimum atomic E-state index is -1.30. The van der Waals surface area contributed by atoms with Gasteiger partial charge in [-0.25, -0.2) is 0 Å². The Labute approximate surface area is 290 Å². The molecule has 0 heterocycles. The van der Waals surface area contributed by atoms with Gasteiger partial charge in [-0.1, -0.05) is 153 Å². The Hall–Kier alpha value is -1.47. The van der Waals surface area contributed by atoms with Crippen LogP contribution in [0.5, 0.6) is 0 Å². The van der Waals surface area contributed by atoms with Crippen LogP contribution in [0.4, 0.5) is 0 Å².